The molecule has 0 unspecified atom stereocenters. The molecule has 2 aromatic carbocycles. The number of likely N-dealkylation sites (tertiary alicyclic amines) is 1. The fourth-order valence-corrected chi connectivity index (χ4v) is 4.14. The molecule has 0 atom stereocenters. The maximum absolute atomic E-state index is 9.55. The molecule has 1 aliphatic heterocycles. The van der Waals surface area contributed by atoms with Gasteiger partial charge in [0.1, 0.15) is 0 Å². The molecule has 0 aliphatic carbocycles. The average Bonchev–Trinajstić information content (AvgIpc) is 2.83. The molecular weight excluding hydrogens is 416 g/mol. The number of benzene rings is 2. The van der Waals surface area contributed by atoms with E-state index in [0.29, 0.717) is 12.2 Å². The van der Waals surface area contributed by atoms with Gasteiger partial charge in [-0.1, -0.05) is 54.6 Å². The molecule has 172 valence electrons. The van der Waals surface area contributed by atoms with Crippen molar-refractivity contribution in [1.82, 2.24) is 9.88 Å². The Morgan fingerprint density at radius 2 is 1.55 bits per heavy atom. The van der Waals surface area contributed by atoms with Gasteiger partial charge in [0, 0.05) is 36.0 Å². The zero-order chi connectivity index (χ0) is 23.5. The average molecular weight is 447 g/mol. The Morgan fingerprint density at radius 1 is 0.909 bits per heavy atom. The summed E-state index contributed by atoms with van der Waals surface area (Å²) in [5.74, 6) is -1.67. The third-order valence-electron chi connectivity index (χ3n) is 5.87. The molecule has 33 heavy (non-hydrogen) atoms. The second-order valence-electron chi connectivity index (χ2n) is 8.23. The standard InChI is InChI=1S/C23H26N2.C4H4O4/c1-2-6-20(7-3-1)18-25-16-13-19(14-17-25)10-11-23-22-9-5-4-8-21(22)12-15-24-23;5-3(6)1-2-4(7)8/h1-9,12,15,19H,10-11,13-14,16-18H2;1-2H,(H,5,6)(H,7,8)/b;2-1-. The van der Waals surface area contributed by atoms with Crippen LogP contribution in [0.4, 0.5) is 0 Å². The van der Waals surface area contributed by atoms with E-state index in [0.717, 1.165) is 18.9 Å². The topological polar surface area (TPSA) is 90.7 Å². The van der Waals surface area contributed by atoms with Crippen LogP contribution >= 0.6 is 0 Å². The number of pyridine rings is 1. The Bertz CT molecular complexity index is 1050. The molecule has 0 spiro atoms. The first-order valence-corrected chi connectivity index (χ1v) is 11.2. The molecule has 6 nitrogen and oxygen atoms in total. The zero-order valence-corrected chi connectivity index (χ0v) is 18.6. The smallest absolute Gasteiger partial charge is 0.328 e. The van der Waals surface area contributed by atoms with Gasteiger partial charge in [-0.3, -0.25) is 9.88 Å². The van der Waals surface area contributed by atoms with Gasteiger partial charge in [-0.05, 0) is 61.7 Å². The lowest BCUT2D eigenvalue weighted by atomic mass is 9.90. The summed E-state index contributed by atoms with van der Waals surface area (Å²) in [6, 6.07) is 21.6. The van der Waals surface area contributed by atoms with Gasteiger partial charge < -0.3 is 10.2 Å². The maximum atomic E-state index is 9.55. The quantitative estimate of drug-likeness (QED) is 0.507. The minimum atomic E-state index is -1.26. The normalized spacial score (nSPS) is 14.7. The van der Waals surface area contributed by atoms with Crippen LogP contribution in [-0.2, 0) is 22.6 Å². The van der Waals surface area contributed by atoms with E-state index < -0.39 is 11.9 Å². The number of carboxylic acid groups (broad SMARTS) is 2. The number of hydrogen-bond donors (Lipinski definition) is 2. The van der Waals surface area contributed by atoms with Gasteiger partial charge in [-0.2, -0.15) is 0 Å². The summed E-state index contributed by atoms with van der Waals surface area (Å²) in [6.45, 7) is 3.55. The Hall–Kier alpha value is -3.51. The molecule has 3 aromatic rings. The summed E-state index contributed by atoms with van der Waals surface area (Å²) in [7, 11) is 0. The second kappa shape index (κ2) is 12.5. The van der Waals surface area contributed by atoms with Gasteiger partial charge in [0.15, 0.2) is 0 Å². The summed E-state index contributed by atoms with van der Waals surface area (Å²) in [5, 5.41) is 18.3. The van der Waals surface area contributed by atoms with Crippen LogP contribution in [0.25, 0.3) is 10.8 Å². The van der Waals surface area contributed by atoms with Crippen molar-refractivity contribution in [2.75, 3.05) is 13.1 Å². The molecule has 4 rings (SSSR count). The van der Waals surface area contributed by atoms with E-state index in [1.807, 2.05) is 6.20 Å². The van der Waals surface area contributed by atoms with Crippen LogP contribution in [-0.4, -0.2) is 45.1 Å². The summed E-state index contributed by atoms with van der Waals surface area (Å²) in [5.41, 5.74) is 2.70. The number of fused-ring (bicyclic) bond motifs is 1. The summed E-state index contributed by atoms with van der Waals surface area (Å²) < 4.78 is 0. The minimum absolute atomic E-state index is 0.558. The van der Waals surface area contributed by atoms with Crippen LogP contribution in [0.15, 0.2) is 79.0 Å². The fraction of sp³-hybridized carbons (Fsp3) is 0.296. The lowest BCUT2D eigenvalue weighted by Gasteiger charge is -2.32. The molecule has 1 saturated heterocycles. The molecule has 6 heteroatoms. The van der Waals surface area contributed by atoms with E-state index in [9.17, 15) is 9.59 Å². The number of aliphatic carboxylic acids is 2. The number of rotatable bonds is 7. The molecule has 0 amide bonds. The molecule has 1 fully saturated rings. The van der Waals surface area contributed by atoms with Crippen LogP contribution in [0.5, 0.6) is 0 Å². The predicted molar refractivity (Wildman–Crippen MR) is 129 cm³/mol. The Labute approximate surface area is 194 Å². The molecule has 1 aromatic heterocycles. The van der Waals surface area contributed by atoms with Crippen molar-refractivity contribution in [3.63, 3.8) is 0 Å². The van der Waals surface area contributed by atoms with Crippen LogP contribution in [0.2, 0.25) is 0 Å². The molecular formula is C27H30N2O4. The van der Waals surface area contributed by atoms with Gasteiger partial charge in [-0.25, -0.2) is 9.59 Å². The van der Waals surface area contributed by atoms with Crippen LogP contribution in [0.1, 0.15) is 30.5 Å². The van der Waals surface area contributed by atoms with E-state index in [-0.39, 0.29) is 0 Å². The summed E-state index contributed by atoms with van der Waals surface area (Å²) in [6.07, 6.45) is 8.07. The van der Waals surface area contributed by atoms with E-state index in [1.165, 1.54) is 54.4 Å². The Kier molecular flexibility index (Phi) is 9.15. The monoisotopic (exact) mass is 446 g/mol. The number of aryl methyl sites for hydroxylation is 1. The zero-order valence-electron chi connectivity index (χ0n) is 18.6. The Balaban J connectivity index is 0.000000331. The van der Waals surface area contributed by atoms with Crippen molar-refractivity contribution >= 4 is 22.7 Å². The van der Waals surface area contributed by atoms with E-state index in [2.05, 4.69) is 70.5 Å². The van der Waals surface area contributed by atoms with Crippen molar-refractivity contribution in [1.29, 1.82) is 0 Å². The van der Waals surface area contributed by atoms with Crippen molar-refractivity contribution < 1.29 is 19.8 Å². The maximum Gasteiger partial charge on any atom is 0.328 e. The number of carbonyl (C=O) groups is 2. The number of nitrogens with zero attached hydrogens (tertiary/aromatic N) is 2. The van der Waals surface area contributed by atoms with Crippen LogP contribution in [0.3, 0.4) is 0 Å². The molecule has 1 aliphatic rings. The van der Waals surface area contributed by atoms with Gasteiger partial charge in [0.05, 0.1) is 0 Å². The molecule has 2 N–H and O–H groups in total. The third-order valence-corrected chi connectivity index (χ3v) is 5.87. The molecule has 0 radical (unpaired) electrons. The first-order valence-electron chi connectivity index (χ1n) is 11.2. The van der Waals surface area contributed by atoms with Crippen LogP contribution in [0, 0.1) is 5.92 Å². The van der Waals surface area contributed by atoms with Crippen LogP contribution < -0.4 is 0 Å². The fourth-order valence-electron chi connectivity index (χ4n) is 4.14. The predicted octanol–water partition coefficient (Wildman–Crippen LogP) is 4.79. The first-order chi connectivity index (χ1) is 16.0. The van der Waals surface area contributed by atoms with Gasteiger partial charge in [-0.15, -0.1) is 0 Å². The number of piperidine rings is 1. The largest absolute Gasteiger partial charge is 0.478 e. The highest BCUT2D eigenvalue weighted by molar-refractivity contribution is 5.89. The number of aromatic nitrogens is 1. The van der Waals surface area contributed by atoms with E-state index in [4.69, 9.17) is 10.2 Å². The SMILES string of the molecule is O=C(O)/C=C\C(=O)O.c1ccc(CN2CCC(CCc3nccc4ccccc34)CC2)cc1. The second-order valence-corrected chi connectivity index (χ2v) is 8.23. The molecule has 0 saturated carbocycles. The van der Waals surface area contributed by atoms with Crippen molar-refractivity contribution in [2.45, 2.75) is 32.2 Å². The lowest BCUT2D eigenvalue weighted by Crippen LogP contribution is -2.33. The van der Waals surface area contributed by atoms with Crippen molar-refractivity contribution in [3.05, 3.63) is 90.3 Å². The van der Waals surface area contributed by atoms with Gasteiger partial charge in [0.25, 0.3) is 0 Å². The molecule has 0 bridgehead atoms. The minimum Gasteiger partial charge on any atom is -0.478 e. The van der Waals surface area contributed by atoms with Gasteiger partial charge >= 0.3 is 11.9 Å². The number of hydrogen-bond acceptors (Lipinski definition) is 4. The summed E-state index contributed by atoms with van der Waals surface area (Å²) >= 11 is 0. The highest BCUT2D eigenvalue weighted by Crippen LogP contribution is 2.25. The number of carboxylic acids is 2. The van der Waals surface area contributed by atoms with Crippen molar-refractivity contribution in [2.24, 2.45) is 5.92 Å². The third kappa shape index (κ3) is 8.16. The lowest BCUT2D eigenvalue weighted by molar-refractivity contribution is -0.134. The van der Waals surface area contributed by atoms with Crippen molar-refractivity contribution in [3.8, 4) is 0 Å². The van der Waals surface area contributed by atoms with E-state index >= 15 is 0 Å². The Morgan fingerprint density at radius 3 is 2.21 bits per heavy atom. The van der Waals surface area contributed by atoms with Gasteiger partial charge in [0.2, 0.25) is 0 Å². The van der Waals surface area contributed by atoms with E-state index in [1.54, 1.807) is 0 Å². The first kappa shape index (κ1) is 24.1. The molecule has 2 heterocycles. The highest BCUT2D eigenvalue weighted by Gasteiger charge is 2.19. The summed E-state index contributed by atoms with van der Waals surface area (Å²) in [4.78, 5) is 26.4. The highest BCUT2D eigenvalue weighted by atomic mass is 16.4.